The second-order valence-corrected chi connectivity index (χ2v) is 8.99. The van der Waals surface area contributed by atoms with Crippen molar-refractivity contribution in [3.05, 3.63) is 0 Å². The van der Waals surface area contributed by atoms with Gasteiger partial charge in [-0.1, -0.05) is 0 Å². The average Bonchev–Trinajstić information content (AvgIpc) is 2.13. The Balaban J connectivity index is 2.71. The van der Waals surface area contributed by atoms with Crippen LogP contribution in [0.2, 0.25) is 0 Å². The normalized spacial score (nSPS) is 28.2. The fourth-order valence-corrected chi connectivity index (χ4v) is 5.28. The molecule has 0 aromatic heterocycles. The first-order valence-corrected chi connectivity index (χ1v) is 9.21. The van der Waals surface area contributed by atoms with Crippen LogP contribution in [0.3, 0.4) is 0 Å². The number of sulfone groups is 1. The van der Waals surface area contributed by atoms with Crippen LogP contribution in [0.1, 0.15) is 19.8 Å². The quantitative estimate of drug-likeness (QED) is 0.727. The molecule has 6 nitrogen and oxygen atoms in total. The van der Waals surface area contributed by atoms with E-state index in [4.69, 9.17) is 5.73 Å². The van der Waals surface area contributed by atoms with Gasteiger partial charge in [0.15, 0.2) is 0 Å². The summed E-state index contributed by atoms with van der Waals surface area (Å²) in [5.74, 6) is -0.671. The third-order valence-corrected chi connectivity index (χ3v) is 6.11. The van der Waals surface area contributed by atoms with Crippen LogP contribution in [0.15, 0.2) is 0 Å². The van der Waals surface area contributed by atoms with E-state index in [1.807, 2.05) is 0 Å². The molecule has 1 heterocycles. The molecule has 1 aliphatic rings. The maximum absolute atomic E-state index is 12.0. The maximum Gasteiger partial charge on any atom is 0.215 e. The standard InChI is InChI=1S/C9H20N2O4S2/c1-8-7-9(10)3-4-11(8)17(14,15)6-5-16(2,12)13/h8-9H,3-7,10H2,1-2H3. The monoisotopic (exact) mass is 284 g/mol. The van der Waals surface area contributed by atoms with Gasteiger partial charge in [0.05, 0.1) is 11.5 Å². The lowest BCUT2D eigenvalue weighted by Crippen LogP contribution is -2.49. The summed E-state index contributed by atoms with van der Waals surface area (Å²) < 4.78 is 47.3. The van der Waals surface area contributed by atoms with Gasteiger partial charge in [-0.2, -0.15) is 4.31 Å². The van der Waals surface area contributed by atoms with E-state index < -0.39 is 19.9 Å². The SMILES string of the molecule is CC1CC(N)CCN1S(=O)(=O)CCS(C)(=O)=O. The smallest absolute Gasteiger partial charge is 0.215 e. The Morgan fingerprint density at radius 3 is 2.29 bits per heavy atom. The molecule has 1 fully saturated rings. The van der Waals surface area contributed by atoms with Gasteiger partial charge in [-0.3, -0.25) is 0 Å². The van der Waals surface area contributed by atoms with Gasteiger partial charge in [0, 0.05) is 24.9 Å². The fraction of sp³-hybridized carbons (Fsp3) is 1.00. The first-order valence-electron chi connectivity index (χ1n) is 5.54. The van der Waals surface area contributed by atoms with Gasteiger partial charge in [-0.15, -0.1) is 0 Å². The van der Waals surface area contributed by atoms with Gasteiger partial charge < -0.3 is 5.73 Å². The molecule has 0 aromatic carbocycles. The number of sulfonamides is 1. The lowest BCUT2D eigenvalue weighted by Gasteiger charge is -2.35. The highest BCUT2D eigenvalue weighted by Gasteiger charge is 2.32. The van der Waals surface area contributed by atoms with Gasteiger partial charge in [0.25, 0.3) is 0 Å². The molecule has 1 aliphatic heterocycles. The molecule has 8 heteroatoms. The summed E-state index contributed by atoms with van der Waals surface area (Å²) in [7, 11) is -6.75. The average molecular weight is 284 g/mol. The minimum atomic E-state index is -3.49. The van der Waals surface area contributed by atoms with Crippen LogP contribution in [-0.2, 0) is 19.9 Å². The Hall–Kier alpha value is -0.180. The van der Waals surface area contributed by atoms with Crippen LogP contribution < -0.4 is 5.73 Å². The largest absolute Gasteiger partial charge is 0.328 e. The zero-order chi connectivity index (χ0) is 13.3. The van der Waals surface area contributed by atoms with E-state index in [0.717, 1.165) is 6.26 Å². The molecule has 2 N–H and O–H groups in total. The molecular formula is C9H20N2O4S2. The van der Waals surface area contributed by atoms with Crippen molar-refractivity contribution in [3.8, 4) is 0 Å². The Morgan fingerprint density at radius 1 is 1.24 bits per heavy atom. The van der Waals surface area contributed by atoms with Gasteiger partial charge in [-0.05, 0) is 19.8 Å². The first kappa shape index (κ1) is 14.9. The Kier molecular flexibility index (Phi) is 4.56. The molecule has 0 aliphatic carbocycles. The molecule has 0 aromatic rings. The molecule has 1 saturated heterocycles. The minimum Gasteiger partial charge on any atom is -0.328 e. The zero-order valence-electron chi connectivity index (χ0n) is 10.2. The van der Waals surface area contributed by atoms with E-state index in [2.05, 4.69) is 0 Å². The highest BCUT2D eigenvalue weighted by Crippen LogP contribution is 2.19. The molecule has 0 spiro atoms. The van der Waals surface area contributed by atoms with E-state index in [0.29, 0.717) is 19.4 Å². The van der Waals surface area contributed by atoms with Crippen molar-refractivity contribution in [2.75, 3.05) is 24.3 Å². The second-order valence-electron chi connectivity index (χ2n) is 4.69. The number of hydrogen-bond acceptors (Lipinski definition) is 5. The molecule has 1 rings (SSSR count). The molecule has 0 amide bonds. The molecule has 17 heavy (non-hydrogen) atoms. The van der Waals surface area contributed by atoms with Crippen molar-refractivity contribution < 1.29 is 16.8 Å². The van der Waals surface area contributed by atoms with E-state index >= 15 is 0 Å². The Morgan fingerprint density at radius 2 is 1.82 bits per heavy atom. The van der Waals surface area contributed by atoms with Crippen LogP contribution in [0, 0.1) is 0 Å². The van der Waals surface area contributed by atoms with E-state index in [1.54, 1.807) is 6.92 Å². The number of nitrogens with zero attached hydrogens (tertiary/aromatic N) is 1. The number of rotatable bonds is 4. The summed E-state index contributed by atoms with van der Waals surface area (Å²) >= 11 is 0. The number of hydrogen-bond donors (Lipinski definition) is 1. The van der Waals surface area contributed by atoms with Crippen molar-refractivity contribution >= 4 is 19.9 Å². The lowest BCUT2D eigenvalue weighted by atomic mass is 10.0. The van der Waals surface area contributed by atoms with Crippen molar-refractivity contribution in [2.45, 2.75) is 31.8 Å². The van der Waals surface area contributed by atoms with E-state index in [9.17, 15) is 16.8 Å². The minimum absolute atomic E-state index is 0.0337. The summed E-state index contributed by atoms with van der Waals surface area (Å²) in [5.41, 5.74) is 5.76. The van der Waals surface area contributed by atoms with Crippen molar-refractivity contribution in [1.82, 2.24) is 4.31 Å². The summed E-state index contributed by atoms with van der Waals surface area (Å²) in [5, 5.41) is 0. The predicted molar refractivity (Wildman–Crippen MR) is 66.9 cm³/mol. The Bertz CT molecular complexity index is 457. The summed E-state index contributed by atoms with van der Waals surface area (Å²) in [6.07, 6.45) is 2.29. The van der Waals surface area contributed by atoms with Crippen LogP contribution in [0.4, 0.5) is 0 Å². The van der Waals surface area contributed by atoms with Crippen molar-refractivity contribution in [2.24, 2.45) is 5.73 Å². The van der Waals surface area contributed by atoms with Gasteiger partial charge in [-0.25, -0.2) is 16.8 Å². The van der Waals surface area contributed by atoms with Crippen LogP contribution >= 0.6 is 0 Å². The third-order valence-electron chi connectivity index (χ3n) is 2.93. The summed E-state index contributed by atoms with van der Waals surface area (Å²) in [6, 6.07) is -0.116. The lowest BCUT2D eigenvalue weighted by molar-refractivity contribution is 0.247. The molecule has 102 valence electrons. The third kappa shape index (κ3) is 4.53. The van der Waals surface area contributed by atoms with Crippen molar-refractivity contribution in [3.63, 3.8) is 0 Å². The van der Waals surface area contributed by atoms with E-state index in [1.165, 1.54) is 4.31 Å². The Labute approximate surface area is 103 Å². The molecular weight excluding hydrogens is 264 g/mol. The van der Waals surface area contributed by atoms with Gasteiger partial charge >= 0.3 is 0 Å². The summed E-state index contributed by atoms with van der Waals surface area (Å²) in [4.78, 5) is 0. The highest BCUT2D eigenvalue weighted by molar-refractivity contribution is 7.93. The summed E-state index contributed by atoms with van der Waals surface area (Å²) in [6.45, 7) is 2.19. The highest BCUT2D eigenvalue weighted by atomic mass is 32.2. The molecule has 0 saturated carbocycles. The first-order chi connectivity index (χ1) is 7.62. The molecule has 0 bridgehead atoms. The molecule has 0 radical (unpaired) electrons. The predicted octanol–water partition coefficient (Wildman–Crippen LogP) is -0.828. The van der Waals surface area contributed by atoms with Gasteiger partial charge in [0.1, 0.15) is 9.84 Å². The number of piperidine rings is 1. The number of nitrogens with two attached hydrogens (primary N) is 1. The topological polar surface area (TPSA) is 97.5 Å². The van der Waals surface area contributed by atoms with Crippen molar-refractivity contribution in [1.29, 1.82) is 0 Å². The fourth-order valence-electron chi connectivity index (χ4n) is 1.97. The molecule has 2 atom stereocenters. The molecule has 2 unspecified atom stereocenters. The van der Waals surface area contributed by atoms with Crippen LogP contribution in [0.5, 0.6) is 0 Å². The maximum atomic E-state index is 12.0. The van der Waals surface area contributed by atoms with Crippen LogP contribution in [0.25, 0.3) is 0 Å². The van der Waals surface area contributed by atoms with Crippen LogP contribution in [-0.4, -0.2) is 57.5 Å². The van der Waals surface area contributed by atoms with E-state index in [-0.39, 0.29) is 23.6 Å². The second kappa shape index (κ2) is 5.21. The van der Waals surface area contributed by atoms with Gasteiger partial charge in [0.2, 0.25) is 10.0 Å². The zero-order valence-corrected chi connectivity index (χ0v) is 11.8.